The molecule has 0 aliphatic carbocycles. The zero-order valence-electron chi connectivity index (χ0n) is 9.39. The lowest BCUT2D eigenvalue weighted by Gasteiger charge is -2.29. The minimum absolute atomic E-state index is 0.0108. The van der Waals surface area contributed by atoms with Crippen LogP contribution in [0.2, 0.25) is 0 Å². The van der Waals surface area contributed by atoms with E-state index in [-0.39, 0.29) is 5.84 Å². The summed E-state index contributed by atoms with van der Waals surface area (Å²) in [5, 5.41) is 11.4. The Morgan fingerprint density at radius 1 is 1.50 bits per heavy atom. The van der Waals surface area contributed by atoms with Gasteiger partial charge in [-0.1, -0.05) is 12.1 Å². The van der Waals surface area contributed by atoms with Gasteiger partial charge < -0.3 is 20.3 Å². The molecule has 0 saturated carbocycles. The molecule has 5 heteroatoms. The zero-order valence-corrected chi connectivity index (χ0v) is 9.39. The van der Waals surface area contributed by atoms with Gasteiger partial charge in [-0.3, -0.25) is 0 Å². The molecule has 1 aromatic heterocycles. The lowest BCUT2D eigenvalue weighted by atomic mass is 9.99. The molecule has 1 aliphatic rings. The number of oxime groups is 1. The first kappa shape index (κ1) is 10.9. The van der Waals surface area contributed by atoms with Crippen LogP contribution in [0.1, 0.15) is 25.5 Å². The van der Waals surface area contributed by atoms with Crippen molar-refractivity contribution in [3.63, 3.8) is 0 Å². The van der Waals surface area contributed by atoms with E-state index in [1.54, 1.807) is 6.07 Å². The first-order valence-corrected chi connectivity index (χ1v) is 5.53. The summed E-state index contributed by atoms with van der Waals surface area (Å²) >= 11 is 0. The van der Waals surface area contributed by atoms with Crippen LogP contribution in [0.25, 0.3) is 0 Å². The van der Waals surface area contributed by atoms with Crippen molar-refractivity contribution in [3.8, 4) is 0 Å². The van der Waals surface area contributed by atoms with Crippen LogP contribution in [-0.4, -0.2) is 24.1 Å². The lowest BCUT2D eigenvalue weighted by Crippen LogP contribution is -2.32. The van der Waals surface area contributed by atoms with Crippen molar-refractivity contribution in [2.45, 2.75) is 19.8 Å². The second-order valence-corrected chi connectivity index (χ2v) is 4.29. The van der Waals surface area contributed by atoms with Crippen molar-refractivity contribution >= 4 is 11.7 Å². The van der Waals surface area contributed by atoms with E-state index in [4.69, 9.17) is 15.4 Å². The standard InChI is InChI=1S/C11H17N3O2/c1-8-4-6-14(7-5-8)10-3-2-9(16-10)11(12)13-15/h2-3,8,15H,4-7H2,1H3,(H2,12,13). The Balaban J connectivity index is 2.07. The number of furan rings is 1. The van der Waals surface area contributed by atoms with E-state index in [0.717, 1.165) is 24.9 Å². The quantitative estimate of drug-likeness (QED) is 0.346. The van der Waals surface area contributed by atoms with E-state index in [0.29, 0.717) is 5.76 Å². The fourth-order valence-corrected chi connectivity index (χ4v) is 1.91. The fraction of sp³-hybridized carbons (Fsp3) is 0.545. The van der Waals surface area contributed by atoms with Gasteiger partial charge in [-0.05, 0) is 24.8 Å². The van der Waals surface area contributed by atoms with Crippen molar-refractivity contribution < 1.29 is 9.62 Å². The third-order valence-electron chi connectivity index (χ3n) is 3.05. The van der Waals surface area contributed by atoms with E-state index in [9.17, 15) is 0 Å². The van der Waals surface area contributed by atoms with Crippen LogP contribution < -0.4 is 10.6 Å². The van der Waals surface area contributed by atoms with Crippen LogP contribution in [0.4, 0.5) is 5.88 Å². The molecule has 5 nitrogen and oxygen atoms in total. The van der Waals surface area contributed by atoms with Gasteiger partial charge in [0.2, 0.25) is 5.84 Å². The van der Waals surface area contributed by atoms with Gasteiger partial charge in [-0.25, -0.2) is 0 Å². The van der Waals surface area contributed by atoms with Crippen LogP contribution in [0, 0.1) is 5.92 Å². The average molecular weight is 223 g/mol. The Labute approximate surface area is 94.5 Å². The molecule has 1 fully saturated rings. The fourth-order valence-electron chi connectivity index (χ4n) is 1.91. The third-order valence-corrected chi connectivity index (χ3v) is 3.05. The van der Waals surface area contributed by atoms with Crippen LogP contribution >= 0.6 is 0 Å². The molecule has 1 aliphatic heterocycles. The number of amidine groups is 1. The largest absolute Gasteiger partial charge is 0.437 e. The maximum atomic E-state index is 8.53. The summed E-state index contributed by atoms with van der Waals surface area (Å²) in [5.41, 5.74) is 5.45. The summed E-state index contributed by atoms with van der Waals surface area (Å²) in [5.74, 6) is 2.01. The maximum Gasteiger partial charge on any atom is 0.206 e. The molecule has 0 spiro atoms. The highest BCUT2D eigenvalue weighted by Gasteiger charge is 2.18. The van der Waals surface area contributed by atoms with Crippen molar-refractivity contribution in [2.24, 2.45) is 16.8 Å². The molecular weight excluding hydrogens is 206 g/mol. The monoisotopic (exact) mass is 223 g/mol. The van der Waals surface area contributed by atoms with Gasteiger partial charge >= 0.3 is 0 Å². The molecule has 0 unspecified atom stereocenters. The van der Waals surface area contributed by atoms with E-state index in [1.165, 1.54) is 12.8 Å². The van der Waals surface area contributed by atoms with Gasteiger partial charge in [0.15, 0.2) is 11.6 Å². The lowest BCUT2D eigenvalue weighted by molar-refractivity contribution is 0.317. The highest BCUT2D eigenvalue weighted by molar-refractivity contribution is 5.94. The van der Waals surface area contributed by atoms with E-state index in [1.807, 2.05) is 6.07 Å². The second-order valence-electron chi connectivity index (χ2n) is 4.29. The summed E-state index contributed by atoms with van der Waals surface area (Å²) in [6, 6.07) is 3.59. The van der Waals surface area contributed by atoms with Gasteiger partial charge in [-0.15, -0.1) is 0 Å². The number of nitrogens with two attached hydrogens (primary N) is 1. The third kappa shape index (κ3) is 2.13. The number of anilines is 1. The van der Waals surface area contributed by atoms with E-state index < -0.39 is 0 Å². The molecule has 3 N–H and O–H groups in total. The molecule has 0 amide bonds. The molecular formula is C11H17N3O2. The van der Waals surface area contributed by atoms with Crippen LogP contribution in [0.15, 0.2) is 21.7 Å². The Morgan fingerprint density at radius 3 is 2.81 bits per heavy atom. The number of hydrogen-bond donors (Lipinski definition) is 2. The predicted octanol–water partition coefficient (Wildman–Crippen LogP) is 1.61. The molecule has 0 radical (unpaired) electrons. The average Bonchev–Trinajstić information content (AvgIpc) is 2.78. The molecule has 2 rings (SSSR count). The summed E-state index contributed by atoms with van der Waals surface area (Å²) in [6.07, 6.45) is 2.36. The van der Waals surface area contributed by atoms with E-state index >= 15 is 0 Å². The topological polar surface area (TPSA) is 75.0 Å². The first-order valence-electron chi connectivity index (χ1n) is 5.53. The molecule has 0 aromatic carbocycles. The van der Waals surface area contributed by atoms with Gasteiger partial charge in [0.1, 0.15) is 0 Å². The smallest absolute Gasteiger partial charge is 0.206 e. The highest BCUT2D eigenvalue weighted by Crippen LogP contribution is 2.24. The second kappa shape index (κ2) is 4.47. The van der Waals surface area contributed by atoms with Gasteiger partial charge in [-0.2, -0.15) is 0 Å². The number of piperidine rings is 1. The molecule has 1 aromatic rings. The minimum Gasteiger partial charge on any atom is -0.437 e. The first-order chi connectivity index (χ1) is 7.70. The van der Waals surface area contributed by atoms with Crippen molar-refractivity contribution in [1.82, 2.24) is 0 Å². The van der Waals surface area contributed by atoms with Gasteiger partial charge in [0.05, 0.1) is 0 Å². The van der Waals surface area contributed by atoms with Gasteiger partial charge in [0, 0.05) is 19.2 Å². The molecule has 16 heavy (non-hydrogen) atoms. The molecule has 2 heterocycles. The van der Waals surface area contributed by atoms with Crippen molar-refractivity contribution in [3.05, 3.63) is 17.9 Å². The SMILES string of the molecule is CC1CCN(c2ccc(/C(N)=N/O)o2)CC1. The normalized spacial score (nSPS) is 19.1. The maximum absolute atomic E-state index is 8.53. The van der Waals surface area contributed by atoms with Crippen LogP contribution in [0.3, 0.4) is 0 Å². The Bertz CT molecular complexity index is 378. The Kier molecular flexibility index (Phi) is 3.03. The summed E-state index contributed by atoms with van der Waals surface area (Å²) in [4.78, 5) is 2.19. The number of hydrogen-bond acceptors (Lipinski definition) is 4. The molecule has 88 valence electrons. The summed E-state index contributed by atoms with van der Waals surface area (Å²) in [7, 11) is 0. The highest BCUT2D eigenvalue weighted by atomic mass is 16.4. The summed E-state index contributed by atoms with van der Waals surface area (Å²) < 4.78 is 5.52. The predicted molar refractivity (Wildman–Crippen MR) is 61.8 cm³/mol. The molecule has 0 bridgehead atoms. The van der Waals surface area contributed by atoms with E-state index in [2.05, 4.69) is 17.0 Å². The Hall–Kier alpha value is -1.65. The van der Waals surface area contributed by atoms with Crippen LogP contribution in [0.5, 0.6) is 0 Å². The van der Waals surface area contributed by atoms with Gasteiger partial charge in [0.25, 0.3) is 0 Å². The molecule has 0 atom stereocenters. The van der Waals surface area contributed by atoms with Crippen LogP contribution in [-0.2, 0) is 0 Å². The summed E-state index contributed by atoms with van der Waals surface area (Å²) in [6.45, 7) is 4.27. The molecule has 1 saturated heterocycles. The van der Waals surface area contributed by atoms with Crippen molar-refractivity contribution in [2.75, 3.05) is 18.0 Å². The number of nitrogens with zero attached hydrogens (tertiary/aromatic N) is 2. The Morgan fingerprint density at radius 2 is 2.19 bits per heavy atom. The zero-order chi connectivity index (χ0) is 11.5. The minimum atomic E-state index is 0.0108. The van der Waals surface area contributed by atoms with Crippen molar-refractivity contribution in [1.29, 1.82) is 0 Å². The number of rotatable bonds is 2.